The summed E-state index contributed by atoms with van der Waals surface area (Å²) in [5.41, 5.74) is 5.54. The summed E-state index contributed by atoms with van der Waals surface area (Å²) in [6.45, 7) is 0. The van der Waals surface area contributed by atoms with Crippen LogP contribution in [-0.4, -0.2) is 5.91 Å². The Morgan fingerprint density at radius 2 is 2.14 bits per heavy atom. The lowest BCUT2D eigenvalue weighted by molar-refractivity contribution is -0.113. The van der Waals surface area contributed by atoms with Gasteiger partial charge in [0, 0.05) is 5.54 Å². The number of nitrogens with two attached hydrogens (primary N) is 1. The van der Waals surface area contributed by atoms with Crippen LogP contribution < -0.4 is 5.73 Å². The summed E-state index contributed by atoms with van der Waals surface area (Å²) < 4.78 is 0. The van der Waals surface area contributed by atoms with Crippen LogP contribution in [0.25, 0.3) is 0 Å². The lowest BCUT2D eigenvalue weighted by atomic mass is 10.6. The molecule has 0 aromatic carbocycles. The Morgan fingerprint density at radius 3 is 2.14 bits per heavy atom. The van der Waals surface area contributed by atoms with Crippen molar-refractivity contribution in [3.63, 3.8) is 0 Å². The quantitative estimate of drug-likeness (QED) is 0.537. The van der Waals surface area contributed by atoms with Crippen LogP contribution in [0.5, 0.6) is 0 Å². The first-order valence-electron chi connectivity index (χ1n) is 1.44. The molecule has 0 aromatic heterocycles. The minimum Gasteiger partial charge on any atom is -0.365 e. The molecule has 0 saturated carbocycles. The molecule has 4 heteroatoms. The number of halogens is 2. The maximum atomic E-state index is 9.87. The molecular weight excluding hydrogens is 137 g/mol. The lowest BCUT2D eigenvalue weighted by Crippen LogP contribution is -2.09. The molecule has 0 fully saturated rings. The van der Waals surface area contributed by atoms with Gasteiger partial charge >= 0.3 is 0 Å². The summed E-state index contributed by atoms with van der Waals surface area (Å²) in [5.74, 6) is -0.711. The average molecular weight is 140 g/mol. The Hall–Kier alpha value is -0.210. The largest absolute Gasteiger partial charge is 0.365 e. The zero-order valence-electron chi connectivity index (χ0n) is 3.32. The molecule has 0 aliphatic heterocycles. The average Bonchev–Trinajstić information content (AvgIpc) is 1.65. The summed E-state index contributed by atoms with van der Waals surface area (Å²) in [6.07, 6.45) is 0. The van der Waals surface area contributed by atoms with Crippen molar-refractivity contribution in [1.29, 1.82) is 0 Å². The van der Waals surface area contributed by atoms with Gasteiger partial charge in [0.1, 0.15) is 5.03 Å². The van der Waals surface area contributed by atoms with Crippen molar-refractivity contribution in [3.05, 3.63) is 10.6 Å². The van der Waals surface area contributed by atoms with Crippen LogP contribution in [0.1, 0.15) is 0 Å². The first-order valence-corrected chi connectivity index (χ1v) is 2.25. The molecule has 2 N–H and O–H groups in total. The van der Waals surface area contributed by atoms with Crippen LogP contribution in [0.2, 0.25) is 0 Å². The third kappa shape index (κ3) is 2.48. The predicted octanol–water partition coefficient (Wildman–Crippen LogP) is 0.791. The Morgan fingerprint density at radius 1 is 1.71 bits per heavy atom. The molecule has 0 saturated heterocycles. The van der Waals surface area contributed by atoms with Gasteiger partial charge in [0.25, 0.3) is 5.91 Å². The van der Waals surface area contributed by atoms with Gasteiger partial charge in [-0.1, -0.05) is 23.2 Å². The van der Waals surface area contributed by atoms with Gasteiger partial charge in [-0.15, -0.1) is 0 Å². The minimum atomic E-state index is -0.711. The first-order chi connectivity index (χ1) is 3.18. The molecular formula is C3H3Cl2NO. The molecule has 0 aliphatic rings. The van der Waals surface area contributed by atoms with Gasteiger partial charge in [-0.2, -0.15) is 0 Å². The van der Waals surface area contributed by atoms with E-state index in [1.54, 1.807) is 0 Å². The highest BCUT2D eigenvalue weighted by Gasteiger charge is 1.94. The zero-order chi connectivity index (χ0) is 5.86. The molecule has 0 aliphatic carbocycles. The van der Waals surface area contributed by atoms with E-state index in [0.29, 0.717) is 0 Å². The number of carbonyl (C=O) groups is 1. The monoisotopic (exact) mass is 139 g/mol. The van der Waals surface area contributed by atoms with Gasteiger partial charge < -0.3 is 5.73 Å². The van der Waals surface area contributed by atoms with Gasteiger partial charge in [0.2, 0.25) is 0 Å². The Balaban J connectivity index is 3.82. The smallest absolute Gasteiger partial charge is 0.261 e. The topological polar surface area (TPSA) is 43.1 Å². The summed E-state index contributed by atoms with van der Waals surface area (Å²) in [5, 5.41) is -0.151. The van der Waals surface area contributed by atoms with Gasteiger partial charge in [-0.3, -0.25) is 4.79 Å². The number of amides is 1. The van der Waals surface area contributed by atoms with Crippen molar-refractivity contribution >= 4 is 29.1 Å². The van der Waals surface area contributed by atoms with Crippen molar-refractivity contribution in [3.8, 4) is 0 Å². The molecule has 1 amide bonds. The Labute approximate surface area is 50.9 Å². The number of primary amides is 1. The van der Waals surface area contributed by atoms with Crippen LogP contribution >= 0.6 is 23.2 Å². The zero-order valence-corrected chi connectivity index (χ0v) is 4.83. The maximum Gasteiger partial charge on any atom is 0.261 e. The van der Waals surface area contributed by atoms with E-state index in [4.69, 9.17) is 23.2 Å². The highest BCUT2D eigenvalue weighted by molar-refractivity contribution is 6.46. The van der Waals surface area contributed by atoms with Crippen molar-refractivity contribution in [1.82, 2.24) is 0 Å². The van der Waals surface area contributed by atoms with E-state index in [9.17, 15) is 4.79 Å². The second kappa shape index (κ2) is 2.88. The van der Waals surface area contributed by atoms with Crippen molar-refractivity contribution < 1.29 is 4.79 Å². The SMILES string of the molecule is NC(=O)C(Cl)=CCl. The molecule has 2 nitrogen and oxygen atoms in total. The molecule has 0 spiro atoms. The summed E-state index contributed by atoms with van der Waals surface area (Å²) in [7, 11) is 0. The molecule has 0 aromatic rings. The summed E-state index contributed by atoms with van der Waals surface area (Å²) in [4.78, 5) is 9.87. The third-order valence-electron chi connectivity index (χ3n) is 0.331. The number of carbonyl (C=O) groups excluding carboxylic acids is 1. The number of hydrogen-bond acceptors (Lipinski definition) is 1. The number of hydrogen-bond donors (Lipinski definition) is 1. The standard InChI is InChI=1S/C3H3Cl2NO/c4-1-2(5)3(6)7/h1H,(H2,6,7). The predicted molar refractivity (Wildman–Crippen MR) is 29.0 cm³/mol. The highest BCUT2D eigenvalue weighted by atomic mass is 35.5. The summed E-state index contributed by atoms with van der Waals surface area (Å²) >= 11 is 10.0. The first kappa shape index (κ1) is 6.79. The molecule has 0 heterocycles. The molecule has 0 bridgehead atoms. The van der Waals surface area contributed by atoms with Crippen LogP contribution in [0.4, 0.5) is 0 Å². The second-order valence-corrected chi connectivity index (χ2v) is 1.45. The molecule has 0 atom stereocenters. The van der Waals surface area contributed by atoms with E-state index in [1.165, 1.54) is 0 Å². The van der Waals surface area contributed by atoms with Crippen molar-refractivity contribution in [2.45, 2.75) is 0 Å². The Kier molecular flexibility index (Phi) is 2.79. The van der Waals surface area contributed by atoms with E-state index in [1.807, 2.05) is 0 Å². The molecule has 0 unspecified atom stereocenters. The Bertz CT molecular complexity index is 110. The fourth-order valence-electron chi connectivity index (χ4n) is 0.0538. The maximum absolute atomic E-state index is 9.87. The fourth-order valence-corrected chi connectivity index (χ4v) is 0.161. The fraction of sp³-hybridized carbons (Fsp3) is 0. The van der Waals surface area contributed by atoms with Crippen molar-refractivity contribution in [2.75, 3.05) is 0 Å². The van der Waals surface area contributed by atoms with Crippen LogP contribution in [-0.2, 0) is 4.79 Å². The van der Waals surface area contributed by atoms with E-state index < -0.39 is 5.91 Å². The van der Waals surface area contributed by atoms with Crippen LogP contribution in [0.15, 0.2) is 10.6 Å². The van der Waals surface area contributed by atoms with Gasteiger partial charge in [-0.25, -0.2) is 0 Å². The van der Waals surface area contributed by atoms with Gasteiger partial charge in [0.15, 0.2) is 0 Å². The normalized spacial score (nSPS) is 11.4. The van der Waals surface area contributed by atoms with Crippen molar-refractivity contribution in [2.24, 2.45) is 5.73 Å². The molecule has 7 heavy (non-hydrogen) atoms. The van der Waals surface area contributed by atoms with E-state index >= 15 is 0 Å². The minimum absolute atomic E-state index is 0.151. The summed E-state index contributed by atoms with van der Waals surface area (Å²) in [6, 6.07) is 0. The van der Waals surface area contributed by atoms with Crippen LogP contribution in [0.3, 0.4) is 0 Å². The molecule has 0 radical (unpaired) electrons. The van der Waals surface area contributed by atoms with Gasteiger partial charge in [-0.05, 0) is 0 Å². The number of rotatable bonds is 1. The van der Waals surface area contributed by atoms with E-state index in [2.05, 4.69) is 5.73 Å². The lowest BCUT2D eigenvalue weighted by Gasteiger charge is -1.81. The van der Waals surface area contributed by atoms with Crippen LogP contribution in [0, 0.1) is 0 Å². The highest BCUT2D eigenvalue weighted by Crippen LogP contribution is 1.99. The third-order valence-corrected chi connectivity index (χ3v) is 0.956. The second-order valence-electron chi connectivity index (χ2n) is 0.821. The van der Waals surface area contributed by atoms with E-state index in [0.717, 1.165) is 5.54 Å². The van der Waals surface area contributed by atoms with E-state index in [-0.39, 0.29) is 5.03 Å². The molecule has 0 rings (SSSR count). The van der Waals surface area contributed by atoms with Gasteiger partial charge in [0.05, 0.1) is 0 Å². The molecule has 40 valence electrons.